The number of amides is 1. The van der Waals surface area contributed by atoms with Gasteiger partial charge in [-0.2, -0.15) is 0 Å². The topological polar surface area (TPSA) is 92.5 Å². The standard InChI is InChI=1S/C16H23N3O3S/c1-11(12-2-3-12)19(14-6-7-14)10-16(20)18-13-4-8-15(9-5-13)23(17,21)22/h4-5,8-9,11-12,14H,2-3,6-7,10H2,1H3,(H,18,20)(H2,17,21,22). The number of benzene rings is 1. The van der Waals surface area contributed by atoms with Crippen LogP contribution in [0.4, 0.5) is 5.69 Å². The Labute approximate surface area is 137 Å². The number of nitrogens with zero attached hydrogens (tertiary/aromatic N) is 1. The van der Waals surface area contributed by atoms with Crippen molar-refractivity contribution in [2.24, 2.45) is 11.1 Å². The van der Waals surface area contributed by atoms with E-state index < -0.39 is 10.0 Å². The van der Waals surface area contributed by atoms with Gasteiger partial charge in [-0.3, -0.25) is 9.69 Å². The van der Waals surface area contributed by atoms with E-state index in [0.29, 0.717) is 24.3 Å². The van der Waals surface area contributed by atoms with Crippen LogP contribution in [0.15, 0.2) is 29.2 Å². The number of sulfonamides is 1. The third-order valence-corrected chi connectivity index (χ3v) is 5.57. The highest BCUT2D eigenvalue weighted by molar-refractivity contribution is 7.89. The molecule has 6 nitrogen and oxygen atoms in total. The molecule has 1 atom stereocenters. The van der Waals surface area contributed by atoms with Gasteiger partial charge in [-0.25, -0.2) is 13.6 Å². The van der Waals surface area contributed by atoms with Gasteiger partial charge in [-0.1, -0.05) is 0 Å². The molecule has 23 heavy (non-hydrogen) atoms. The summed E-state index contributed by atoms with van der Waals surface area (Å²) in [7, 11) is -3.70. The van der Waals surface area contributed by atoms with Crippen molar-refractivity contribution in [3.63, 3.8) is 0 Å². The Balaban J connectivity index is 1.59. The molecule has 2 saturated carbocycles. The number of carbonyl (C=O) groups is 1. The maximum absolute atomic E-state index is 12.3. The molecule has 0 aromatic heterocycles. The summed E-state index contributed by atoms with van der Waals surface area (Å²) in [6, 6.07) is 6.92. The van der Waals surface area contributed by atoms with Crippen molar-refractivity contribution < 1.29 is 13.2 Å². The van der Waals surface area contributed by atoms with Crippen LogP contribution in [0.5, 0.6) is 0 Å². The van der Waals surface area contributed by atoms with Gasteiger partial charge in [0.15, 0.2) is 0 Å². The van der Waals surface area contributed by atoms with E-state index in [0.717, 1.165) is 5.92 Å². The van der Waals surface area contributed by atoms with Crippen molar-refractivity contribution in [2.45, 2.75) is 49.6 Å². The molecule has 0 saturated heterocycles. The van der Waals surface area contributed by atoms with Gasteiger partial charge in [0.25, 0.3) is 0 Å². The zero-order valence-corrected chi connectivity index (χ0v) is 14.1. The lowest BCUT2D eigenvalue weighted by molar-refractivity contribution is -0.118. The lowest BCUT2D eigenvalue weighted by atomic mass is 10.1. The van der Waals surface area contributed by atoms with Crippen molar-refractivity contribution in [1.29, 1.82) is 0 Å². The normalized spacial score (nSPS) is 19.6. The van der Waals surface area contributed by atoms with Gasteiger partial charge in [0, 0.05) is 17.8 Å². The van der Waals surface area contributed by atoms with E-state index in [1.165, 1.54) is 37.8 Å². The third kappa shape index (κ3) is 4.31. The van der Waals surface area contributed by atoms with Crippen LogP contribution in [-0.4, -0.2) is 37.9 Å². The molecule has 3 N–H and O–H groups in total. The van der Waals surface area contributed by atoms with E-state index >= 15 is 0 Å². The molecule has 0 radical (unpaired) electrons. The molecule has 3 rings (SSSR count). The molecule has 1 aromatic carbocycles. The molecule has 126 valence electrons. The van der Waals surface area contributed by atoms with Gasteiger partial charge in [0.05, 0.1) is 11.4 Å². The number of carbonyl (C=O) groups excluding carboxylic acids is 1. The average Bonchev–Trinajstić information content (AvgIpc) is 3.37. The summed E-state index contributed by atoms with van der Waals surface area (Å²) in [6.45, 7) is 2.60. The minimum absolute atomic E-state index is 0.0393. The Bertz CT molecular complexity index is 679. The smallest absolute Gasteiger partial charge is 0.238 e. The van der Waals surface area contributed by atoms with Gasteiger partial charge in [-0.05, 0) is 62.8 Å². The van der Waals surface area contributed by atoms with Crippen LogP contribution in [-0.2, 0) is 14.8 Å². The highest BCUT2D eigenvalue weighted by atomic mass is 32.2. The quantitative estimate of drug-likeness (QED) is 0.789. The molecule has 1 unspecified atom stereocenters. The number of nitrogens with two attached hydrogens (primary N) is 1. The van der Waals surface area contributed by atoms with Gasteiger partial charge >= 0.3 is 0 Å². The SMILES string of the molecule is CC(C1CC1)N(CC(=O)Nc1ccc(S(N)(=O)=O)cc1)C1CC1. The van der Waals surface area contributed by atoms with E-state index in [1.807, 2.05) is 0 Å². The molecule has 7 heteroatoms. The van der Waals surface area contributed by atoms with Crippen LogP contribution in [0.3, 0.4) is 0 Å². The summed E-state index contributed by atoms with van der Waals surface area (Å²) in [5, 5.41) is 7.89. The second kappa shape index (κ2) is 6.22. The molecule has 2 fully saturated rings. The maximum atomic E-state index is 12.3. The Morgan fingerprint density at radius 3 is 2.35 bits per heavy atom. The first-order chi connectivity index (χ1) is 10.8. The predicted octanol–water partition coefficient (Wildman–Crippen LogP) is 1.54. The molecule has 0 aliphatic heterocycles. The molecular weight excluding hydrogens is 314 g/mol. The molecule has 2 aliphatic rings. The number of hydrogen-bond acceptors (Lipinski definition) is 4. The van der Waals surface area contributed by atoms with E-state index in [9.17, 15) is 13.2 Å². The fourth-order valence-electron chi connectivity index (χ4n) is 2.96. The molecule has 0 bridgehead atoms. The first kappa shape index (κ1) is 16.4. The lowest BCUT2D eigenvalue weighted by Crippen LogP contribution is -2.42. The Morgan fingerprint density at radius 2 is 1.87 bits per heavy atom. The number of rotatable bonds is 7. The van der Waals surface area contributed by atoms with E-state index in [1.54, 1.807) is 12.1 Å². The summed E-state index contributed by atoms with van der Waals surface area (Å²) >= 11 is 0. The van der Waals surface area contributed by atoms with E-state index in [-0.39, 0.29) is 10.8 Å². The number of anilines is 1. The van der Waals surface area contributed by atoms with Gasteiger partial charge in [0.2, 0.25) is 15.9 Å². The highest BCUT2D eigenvalue weighted by Gasteiger charge is 2.39. The monoisotopic (exact) mass is 337 g/mol. The van der Waals surface area contributed by atoms with Crippen molar-refractivity contribution in [3.8, 4) is 0 Å². The van der Waals surface area contributed by atoms with Crippen LogP contribution in [0, 0.1) is 5.92 Å². The summed E-state index contributed by atoms with van der Waals surface area (Å²) < 4.78 is 22.4. The molecule has 0 spiro atoms. The summed E-state index contributed by atoms with van der Waals surface area (Å²) in [6.07, 6.45) is 4.88. The number of nitrogens with one attached hydrogen (secondary N) is 1. The molecule has 2 aliphatic carbocycles. The first-order valence-corrected chi connectivity index (χ1v) is 9.57. The minimum Gasteiger partial charge on any atom is -0.325 e. The van der Waals surface area contributed by atoms with Crippen molar-refractivity contribution >= 4 is 21.6 Å². The molecule has 1 amide bonds. The molecule has 1 aromatic rings. The lowest BCUT2D eigenvalue weighted by Gasteiger charge is -2.28. The maximum Gasteiger partial charge on any atom is 0.238 e. The Morgan fingerprint density at radius 1 is 1.26 bits per heavy atom. The molecule has 0 heterocycles. The van der Waals surface area contributed by atoms with Crippen LogP contribution in [0.2, 0.25) is 0 Å². The third-order valence-electron chi connectivity index (χ3n) is 4.64. The highest BCUT2D eigenvalue weighted by Crippen LogP contribution is 2.39. The Kier molecular flexibility index (Phi) is 4.44. The Hall–Kier alpha value is -1.44. The van der Waals surface area contributed by atoms with Gasteiger partial charge < -0.3 is 5.32 Å². The number of primary sulfonamides is 1. The van der Waals surface area contributed by atoms with Gasteiger partial charge in [0.1, 0.15) is 0 Å². The zero-order valence-electron chi connectivity index (χ0n) is 13.2. The van der Waals surface area contributed by atoms with E-state index in [4.69, 9.17) is 5.14 Å². The molecular formula is C16H23N3O3S. The van der Waals surface area contributed by atoms with Crippen molar-refractivity contribution in [3.05, 3.63) is 24.3 Å². The van der Waals surface area contributed by atoms with Crippen LogP contribution >= 0.6 is 0 Å². The fourth-order valence-corrected chi connectivity index (χ4v) is 3.47. The van der Waals surface area contributed by atoms with Crippen LogP contribution < -0.4 is 10.5 Å². The fraction of sp³-hybridized carbons (Fsp3) is 0.562. The zero-order chi connectivity index (χ0) is 16.6. The summed E-state index contributed by atoms with van der Waals surface area (Å²) in [4.78, 5) is 14.6. The second-order valence-electron chi connectivity index (χ2n) is 6.60. The second-order valence-corrected chi connectivity index (χ2v) is 8.16. The largest absolute Gasteiger partial charge is 0.325 e. The van der Waals surface area contributed by atoms with Crippen molar-refractivity contribution in [1.82, 2.24) is 4.90 Å². The summed E-state index contributed by atoms with van der Waals surface area (Å²) in [5.74, 6) is 0.671. The van der Waals surface area contributed by atoms with Crippen molar-refractivity contribution in [2.75, 3.05) is 11.9 Å². The van der Waals surface area contributed by atoms with Crippen LogP contribution in [0.1, 0.15) is 32.6 Å². The minimum atomic E-state index is -3.70. The van der Waals surface area contributed by atoms with Gasteiger partial charge in [-0.15, -0.1) is 0 Å². The van der Waals surface area contributed by atoms with Crippen LogP contribution in [0.25, 0.3) is 0 Å². The summed E-state index contributed by atoms with van der Waals surface area (Å²) in [5.41, 5.74) is 0.581. The first-order valence-electron chi connectivity index (χ1n) is 8.03. The predicted molar refractivity (Wildman–Crippen MR) is 88.4 cm³/mol. The average molecular weight is 337 g/mol. The van der Waals surface area contributed by atoms with E-state index in [2.05, 4.69) is 17.1 Å². The number of hydrogen-bond donors (Lipinski definition) is 2.